The van der Waals surface area contributed by atoms with Crippen molar-refractivity contribution in [3.63, 3.8) is 0 Å². The molecule has 0 saturated heterocycles. The largest absolute Gasteiger partial charge is 0.347 e. The Morgan fingerprint density at radius 1 is 1.47 bits per heavy atom. The standard InChI is InChI=1S/C14H21N3S2/c1-4-6-15-11(2)13-8-16-14(19-13)17(3)9-12-5-7-18-10-12/h5,7-8,10-11,15H,4,6,9H2,1-3H3. The first kappa shape index (κ1) is 14.5. The van der Waals surface area contributed by atoms with Gasteiger partial charge in [-0.2, -0.15) is 11.3 Å². The molecule has 0 fully saturated rings. The Kier molecular flexibility index (Phi) is 5.36. The highest BCUT2D eigenvalue weighted by molar-refractivity contribution is 7.15. The van der Waals surface area contributed by atoms with Crippen LogP contribution in [0.2, 0.25) is 0 Å². The maximum Gasteiger partial charge on any atom is 0.185 e. The number of thiophene rings is 1. The lowest BCUT2D eigenvalue weighted by molar-refractivity contribution is 0.577. The van der Waals surface area contributed by atoms with Crippen LogP contribution in [0, 0.1) is 0 Å². The monoisotopic (exact) mass is 295 g/mol. The van der Waals surface area contributed by atoms with Crippen molar-refractivity contribution in [2.45, 2.75) is 32.9 Å². The molecule has 1 unspecified atom stereocenters. The second-order valence-corrected chi connectivity index (χ2v) is 6.53. The molecule has 3 nitrogen and oxygen atoms in total. The van der Waals surface area contributed by atoms with Gasteiger partial charge in [-0.25, -0.2) is 4.98 Å². The molecule has 0 aliphatic rings. The molecule has 2 aromatic heterocycles. The van der Waals surface area contributed by atoms with Gasteiger partial charge >= 0.3 is 0 Å². The molecule has 2 aromatic rings. The van der Waals surface area contributed by atoms with Crippen LogP contribution in [0.15, 0.2) is 23.0 Å². The molecule has 0 bridgehead atoms. The van der Waals surface area contributed by atoms with Gasteiger partial charge in [-0.3, -0.25) is 0 Å². The fourth-order valence-electron chi connectivity index (χ4n) is 1.84. The van der Waals surface area contributed by atoms with Crippen molar-refractivity contribution in [3.8, 4) is 0 Å². The highest BCUT2D eigenvalue weighted by Crippen LogP contribution is 2.27. The average molecular weight is 295 g/mol. The fraction of sp³-hybridized carbons (Fsp3) is 0.500. The molecule has 0 aliphatic carbocycles. The first-order valence-corrected chi connectivity index (χ1v) is 8.38. The van der Waals surface area contributed by atoms with Crippen LogP contribution in [0.1, 0.15) is 36.8 Å². The zero-order valence-corrected chi connectivity index (χ0v) is 13.4. The van der Waals surface area contributed by atoms with Crippen molar-refractivity contribution in [1.29, 1.82) is 0 Å². The Morgan fingerprint density at radius 2 is 2.32 bits per heavy atom. The van der Waals surface area contributed by atoms with Crippen molar-refractivity contribution < 1.29 is 0 Å². The van der Waals surface area contributed by atoms with E-state index in [1.807, 2.05) is 6.20 Å². The van der Waals surface area contributed by atoms with Gasteiger partial charge in [0.05, 0.1) is 0 Å². The van der Waals surface area contributed by atoms with Crippen molar-refractivity contribution in [2.75, 3.05) is 18.5 Å². The number of hydrogen-bond donors (Lipinski definition) is 1. The Morgan fingerprint density at radius 3 is 3.00 bits per heavy atom. The molecule has 1 atom stereocenters. The summed E-state index contributed by atoms with van der Waals surface area (Å²) in [5, 5.41) is 8.90. The zero-order valence-electron chi connectivity index (χ0n) is 11.7. The third-order valence-corrected chi connectivity index (χ3v) is 4.99. The highest BCUT2D eigenvalue weighted by Gasteiger charge is 2.12. The predicted molar refractivity (Wildman–Crippen MR) is 85.2 cm³/mol. The van der Waals surface area contributed by atoms with E-state index in [1.165, 1.54) is 10.4 Å². The normalized spacial score (nSPS) is 12.6. The lowest BCUT2D eigenvalue weighted by Gasteiger charge is -2.15. The van der Waals surface area contributed by atoms with Crippen molar-refractivity contribution in [1.82, 2.24) is 10.3 Å². The minimum absolute atomic E-state index is 0.390. The zero-order chi connectivity index (χ0) is 13.7. The van der Waals surface area contributed by atoms with E-state index in [2.05, 4.69) is 52.9 Å². The number of aromatic nitrogens is 1. The van der Waals surface area contributed by atoms with E-state index >= 15 is 0 Å². The number of rotatable bonds is 7. The molecule has 2 rings (SSSR count). The molecule has 19 heavy (non-hydrogen) atoms. The summed E-state index contributed by atoms with van der Waals surface area (Å²) in [4.78, 5) is 8.05. The van der Waals surface area contributed by atoms with Gasteiger partial charge in [0.25, 0.3) is 0 Å². The third kappa shape index (κ3) is 4.03. The Hall–Kier alpha value is -0.910. The van der Waals surface area contributed by atoms with Crippen LogP contribution in [-0.2, 0) is 6.54 Å². The molecular weight excluding hydrogens is 274 g/mol. The molecule has 2 heterocycles. The first-order chi connectivity index (χ1) is 9.20. The van der Waals surface area contributed by atoms with Crippen LogP contribution in [0.25, 0.3) is 0 Å². The number of anilines is 1. The minimum Gasteiger partial charge on any atom is -0.347 e. The molecular formula is C14H21N3S2. The summed E-state index contributed by atoms with van der Waals surface area (Å²) in [6, 6.07) is 2.56. The number of thiazole rings is 1. The van der Waals surface area contributed by atoms with E-state index in [4.69, 9.17) is 0 Å². The van der Waals surface area contributed by atoms with Gasteiger partial charge in [0.1, 0.15) is 0 Å². The van der Waals surface area contributed by atoms with E-state index in [-0.39, 0.29) is 0 Å². The lowest BCUT2D eigenvalue weighted by atomic mass is 10.3. The van der Waals surface area contributed by atoms with Gasteiger partial charge < -0.3 is 10.2 Å². The second kappa shape index (κ2) is 7.03. The van der Waals surface area contributed by atoms with Crippen LogP contribution < -0.4 is 10.2 Å². The summed E-state index contributed by atoms with van der Waals surface area (Å²) in [7, 11) is 2.10. The molecule has 104 valence electrons. The van der Waals surface area contributed by atoms with Gasteiger partial charge in [-0.05, 0) is 42.3 Å². The van der Waals surface area contributed by atoms with Crippen molar-refractivity contribution in [3.05, 3.63) is 33.5 Å². The van der Waals surface area contributed by atoms with Gasteiger partial charge in [-0.1, -0.05) is 6.92 Å². The maximum atomic E-state index is 4.53. The van der Waals surface area contributed by atoms with Gasteiger partial charge in [0.15, 0.2) is 5.13 Å². The summed E-state index contributed by atoms with van der Waals surface area (Å²) < 4.78 is 0. The SMILES string of the molecule is CCCNC(C)c1cnc(N(C)Cc2ccsc2)s1. The maximum absolute atomic E-state index is 4.53. The molecule has 0 radical (unpaired) electrons. The Bertz CT molecular complexity index is 479. The Labute approximate surface area is 123 Å². The van der Waals surface area contributed by atoms with E-state index in [0.29, 0.717) is 6.04 Å². The lowest BCUT2D eigenvalue weighted by Crippen LogP contribution is -2.18. The summed E-state index contributed by atoms with van der Waals surface area (Å²) in [6.45, 7) is 6.37. The van der Waals surface area contributed by atoms with E-state index < -0.39 is 0 Å². The first-order valence-electron chi connectivity index (χ1n) is 6.62. The second-order valence-electron chi connectivity index (χ2n) is 4.71. The summed E-state index contributed by atoms with van der Waals surface area (Å²) in [6.07, 6.45) is 3.16. The van der Waals surface area contributed by atoms with Crippen molar-refractivity contribution >= 4 is 27.8 Å². The topological polar surface area (TPSA) is 28.2 Å². The summed E-state index contributed by atoms with van der Waals surface area (Å²) in [5.41, 5.74) is 1.35. The van der Waals surface area contributed by atoms with Crippen LogP contribution in [0.4, 0.5) is 5.13 Å². The average Bonchev–Trinajstić information content (AvgIpc) is 3.06. The molecule has 0 aliphatic heterocycles. The van der Waals surface area contributed by atoms with Crippen molar-refractivity contribution in [2.24, 2.45) is 0 Å². The minimum atomic E-state index is 0.390. The quantitative estimate of drug-likeness (QED) is 0.839. The fourth-order valence-corrected chi connectivity index (χ4v) is 3.40. The van der Waals surface area contributed by atoms with Crippen LogP contribution in [-0.4, -0.2) is 18.6 Å². The highest BCUT2D eigenvalue weighted by atomic mass is 32.1. The molecule has 1 N–H and O–H groups in total. The van der Waals surface area contributed by atoms with Crippen LogP contribution in [0.3, 0.4) is 0 Å². The number of nitrogens with one attached hydrogen (secondary N) is 1. The summed E-state index contributed by atoms with van der Waals surface area (Å²) >= 11 is 3.52. The number of hydrogen-bond acceptors (Lipinski definition) is 5. The van der Waals surface area contributed by atoms with Crippen LogP contribution >= 0.6 is 22.7 Å². The molecule has 0 spiro atoms. The Balaban J connectivity index is 1.96. The van der Waals surface area contributed by atoms with Gasteiger partial charge in [0, 0.05) is 30.7 Å². The molecule has 0 saturated carbocycles. The number of nitrogens with zero attached hydrogens (tertiary/aromatic N) is 2. The van der Waals surface area contributed by atoms with Gasteiger partial charge in [0.2, 0.25) is 0 Å². The van der Waals surface area contributed by atoms with E-state index in [9.17, 15) is 0 Å². The third-order valence-electron chi connectivity index (χ3n) is 2.97. The predicted octanol–water partition coefficient (Wildman–Crippen LogP) is 3.90. The molecule has 5 heteroatoms. The smallest absolute Gasteiger partial charge is 0.185 e. The molecule has 0 aromatic carbocycles. The van der Waals surface area contributed by atoms with Crippen LogP contribution in [0.5, 0.6) is 0 Å². The van der Waals surface area contributed by atoms with Gasteiger partial charge in [-0.15, -0.1) is 11.3 Å². The molecule has 0 amide bonds. The van der Waals surface area contributed by atoms with E-state index in [0.717, 1.165) is 24.6 Å². The van der Waals surface area contributed by atoms with E-state index in [1.54, 1.807) is 22.7 Å². The summed E-state index contributed by atoms with van der Waals surface area (Å²) in [5.74, 6) is 0.